The maximum atomic E-state index is 2.28. The second-order valence-electron chi connectivity index (χ2n) is 6.23. The Bertz CT molecular complexity index is 152. The first-order chi connectivity index (χ1) is 10.8. The fourth-order valence-electron chi connectivity index (χ4n) is 2.41. The first-order valence-electron chi connectivity index (χ1n) is 9.81. The Morgan fingerprint density at radius 1 is 0.417 bits per heavy atom. The predicted octanol–water partition coefficient (Wildman–Crippen LogP) is 8.20. The molecule has 0 aromatic heterocycles. The molecule has 2 radical (unpaired) electrons. The fraction of sp³-hybridized carbons (Fsp3) is 1.00. The molecule has 0 atom stereocenters. The van der Waals surface area contributed by atoms with Crippen LogP contribution in [0.5, 0.6) is 0 Å². The van der Waals surface area contributed by atoms with E-state index in [0.29, 0.717) is 0 Å². The van der Waals surface area contributed by atoms with Gasteiger partial charge in [-0.2, -0.15) is 23.5 Å². The topological polar surface area (TPSA) is 0 Å². The molecule has 0 saturated heterocycles. The summed E-state index contributed by atoms with van der Waals surface area (Å²) < 4.78 is 0. The first kappa shape index (κ1) is 33.7. The molecule has 158 valence electrons. The van der Waals surface area contributed by atoms with Gasteiger partial charge in [0.1, 0.15) is 0 Å². The van der Waals surface area contributed by atoms with E-state index in [2.05, 4.69) is 26.4 Å². The van der Waals surface area contributed by atoms with Crippen LogP contribution in [-0.2, 0) is 44.8 Å². The summed E-state index contributed by atoms with van der Waals surface area (Å²) in [6, 6.07) is 0. The average Bonchev–Trinajstić information content (AvgIpc) is 2.54. The van der Waals surface area contributed by atoms with E-state index >= 15 is 0 Å². The fourth-order valence-corrected chi connectivity index (χ4v) is 3.39. The molecule has 0 heterocycles. The third-order valence-electron chi connectivity index (χ3n) is 3.90. The molecule has 0 aliphatic rings. The van der Waals surface area contributed by atoms with Crippen LogP contribution in [0.3, 0.4) is 0 Å². The third-order valence-corrected chi connectivity index (χ3v) is 5.30. The van der Waals surface area contributed by atoms with Gasteiger partial charge in [-0.1, -0.05) is 90.9 Å². The number of unbranched alkanes of at least 4 members (excludes halogenated alkanes) is 12. The van der Waals surface area contributed by atoms with Crippen LogP contribution in [0.25, 0.3) is 0 Å². The zero-order valence-electron chi connectivity index (χ0n) is 16.7. The molecule has 0 unspecified atom stereocenters. The molecule has 0 spiro atoms. The van der Waals surface area contributed by atoms with Crippen molar-refractivity contribution in [3.8, 4) is 0 Å². The summed E-state index contributed by atoms with van der Waals surface area (Å²) in [7, 11) is 0. The molecule has 0 fully saturated rings. The van der Waals surface area contributed by atoms with Crippen molar-refractivity contribution in [1.29, 1.82) is 0 Å². The molecule has 0 saturated carbocycles. The molecular weight excluding hydrogens is 698 g/mol. The maximum absolute atomic E-state index is 2.28. The minimum Gasteiger partial charge on any atom is -0.165 e. The molecule has 0 amide bonds. The van der Waals surface area contributed by atoms with Crippen LogP contribution in [-0.4, -0.2) is 24.0 Å². The van der Waals surface area contributed by atoms with Crippen molar-refractivity contribution in [3.63, 3.8) is 0 Å². The minimum absolute atomic E-state index is 0. The second-order valence-corrected chi connectivity index (χ2v) is 8.20. The van der Waals surface area contributed by atoms with Gasteiger partial charge in [0.2, 0.25) is 0 Å². The quantitative estimate of drug-likeness (QED) is 0.116. The van der Waals surface area contributed by atoms with Crippen LogP contribution < -0.4 is 0 Å². The predicted molar refractivity (Wildman–Crippen MR) is 113 cm³/mol. The molecular formula is C20H44Au2S2. The zero-order chi connectivity index (χ0) is 16.7. The van der Waals surface area contributed by atoms with E-state index < -0.39 is 0 Å². The molecule has 0 aromatic carbocycles. The van der Waals surface area contributed by atoms with Crippen LogP contribution in [0.2, 0.25) is 0 Å². The summed E-state index contributed by atoms with van der Waals surface area (Å²) >= 11 is 3.93. The van der Waals surface area contributed by atoms with Crippen LogP contribution in [0.1, 0.15) is 104 Å². The average molecular weight is 743 g/mol. The van der Waals surface area contributed by atoms with Crippen LogP contribution in [0.15, 0.2) is 0 Å². The maximum Gasteiger partial charge on any atom is 0 e. The van der Waals surface area contributed by atoms with E-state index in [4.69, 9.17) is 0 Å². The van der Waals surface area contributed by atoms with Crippen molar-refractivity contribution in [3.05, 3.63) is 0 Å². The minimum atomic E-state index is 0. The Kier molecular flexibility index (Phi) is 50.8. The summed E-state index contributed by atoms with van der Waals surface area (Å²) in [5.74, 6) is 2.70. The summed E-state index contributed by atoms with van der Waals surface area (Å²) in [4.78, 5) is 0. The summed E-state index contributed by atoms with van der Waals surface area (Å²) in [6.07, 6.45) is 24.5. The van der Waals surface area contributed by atoms with E-state index in [1.165, 1.54) is 101 Å². The standard InChI is InChI=1S/C13H28S.C7H16S.2Au/c1-3-4-5-6-7-8-9-10-11-12-13-14-2;1-3-4-5-6-7-8-2;;/h3-13H2,1-2H3;3-7H2,1-2H3;;. The van der Waals surface area contributed by atoms with Gasteiger partial charge >= 0.3 is 0 Å². The first-order valence-corrected chi connectivity index (χ1v) is 12.6. The van der Waals surface area contributed by atoms with Crippen molar-refractivity contribution in [2.75, 3.05) is 24.0 Å². The van der Waals surface area contributed by atoms with Gasteiger partial charge in [-0.05, 0) is 36.9 Å². The van der Waals surface area contributed by atoms with Gasteiger partial charge in [-0.3, -0.25) is 0 Å². The van der Waals surface area contributed by atoms with Crippen molar-refractivity contribution in [1.82, 2.24) is 0 Å². The molecule has 4 heteroatoms. The van der Waals surface area contributed by atoms with Crippen LogP contribution in [0.4, 0.5) is 0 Å². The van der Waals surface area contributed by atoms with E-state index in [0.717, 1.165) is 0 Å². The largest absolute Gasteiger partial charge is 0.165 e. The molecule has 0 aliphatic heterocycles. The Hall–Kier alpha value is 2.18. The van der Waals surface area contributed by atoms with Crippen molar-refractivity contribution >= 4 is 23.5 Å². The zero-order valence-corrected chi connectivity index (χ0v) is 22.7. The molecule has 0 aliphatic carbocycles. The van der Waals surface area contributed by atoms with E-state index in [1.807, 2.05) is 23.5 Å². The SMILES string of the molecule is CCCCCCCCCCCCSC.CCCCCCSC.[Au].[Au]. The van der Waals surface area contributed by atoms with Crippen molar-refractivity contribution in [2.45, 2.75) is 104 Å². The van der Waals surface area contributed by atoms with Crippen molar-refractivity contribution < 1.29 is 44.8 Å². The molecule has 0 aromatic rings. The number of hydrogen-bond acceptors (Lipinski definition) is 2. The van der Waals surface area contributed by atoms with Gasteiger partial charge in [0.05, 0.1) is 0 Å². The molecule has 0 rings (SSSR count). The van der Waals surface area contributed by atoms with Gasteiger partial charge in [0.25, 0.3) is 0 Å². The third kappa shape index (κ3) is 39.3. The van der Waals surface area contributed by atoms with E-state index in [1.54, 1.807) is 0 Å². The van der Waals surface area contributed by atoms with Crippen LogP contribution in [0, 0.1) is 0 Å². The summed E-state index contributed by atoms with van der Waals surface area (Å²) in [5.41, 5.74) is 0. The Morgan fingerprint density at radius 2 is 0.667 bits per heavy atom. The van der Waals surface area contributed by atoms with Gasteiger partial charge < -0.3 is 0 Å². The Labute approximate surface area is 194 Å². The van der Waals surface area contributed by atoms with Gasteiger partial charge in [0.15, 0.2) is 0 Å². The summed E-state index contributed by atoms with van der Waals surface area (Å²) in [5, 5.41) is 0. The van der Waals surface area contributed by atoms with Gasteiger partial charge in [0, 0.05) is 44.8 Å². The molecule has 24 heavy (non-hydrogen) atoms. The van der Waals surface area contributed by atoms with Gasteiger partial charge in [-0.25, -0.2) is 0 Å². The van der Waals surface area contributed by atoms with E-state index in [9.17, 15) is 0 Å². The van der Waals surface area contributed by atoms with Crippen LogP contribution >= 0.6 is 23.5 Å². The number of hydrogen-bond donors (Lipinski definition) is 0. The monoisotopic (exact) mass is 742 g/mol. The molecule has 0 N–H and O–H groups in total. The Balaban J connectivity index is -0.000000174. The second kappa shape index (κ2) is 36.2. The number of thioether (sulfide) groups is 2. The normalized spacial score (nSPS) is 9.50. The molecule has 0 nitrogen and oxygen atoms in total. The van der Waals surface area contributed by atoms with E-state index in [-0.39, 0.29) is 44.8 Å². The van der Waals surface area contributed by atoms with Gasteiger partial charge in [-0.15, -0.1) is 0 Å². The number of rotatable bonds is 16. The smallest absolute Gasteiger partial charge is 0 e. The summed E-state index contributed by atoms with van der Waals surface area (Å²) in [6.45, 7) is 4.53. The molecule has 0 bridgehead atoms. The van der Waals surface area contributed by atoms with Crippen molar-refractivity contribution in [2.24, 2.45) is 0 Å². The Morgan fingerprint density at radius 3 is 0.958 bits per heavy atom.